The minimum atomic E-state index is -5.48. The highest BCUT2D eigenvalue weighted by atomic mass is 31.2. The molecule has 0 unspecified atom stereocenters. The molecule has 14 heteroatoms. The van der Waals surface area contributed by atoms with Gasteiger partial charge in [0.2, 0.25) is 0 Å². The fraction of sp³-hybridized carbons (Fsp3) is 1.00. The van der Waals surface area contributed by atoms with Gasteiger partial charge in [0.25, 0.3) is 0 Å². The molecule has 0 aliphatic carbocycles. The molecule has 1 aliphatic heterocycles. The zero-order valence-corrected chi connectivity index (χ0v) is 13.4. The molecule has 1 fully saturated rings. The molecule has 19 heavy (non-hydrogen) atoms. The van der Waals surface area contributed by atoms with Crippen molar-refractivity contribution in [2.24, 2.45) is 0 Å². The van der Waals surface area contributed by atoms with E-state index in [9.17, 15) is 28.7 Å². The van der Waals surface area contributed by atoms with E-state index in [0.717, 1.165) is 4.90 Å². The highest BCUT2D eigenvalue weighted by molar-refractivity contribution is 7.67. The van der Waals surface area contributed by atoms with E-state index in [1.165, 1.54) is 0 Å². The van der Waals surface area contributed by atoms with Crippen molar-refractivity contribution < 1.29 is 33.4 Å². The summed E-state index contributed by atoms with van der Waals surface area (Å²) >= 11 is 0. The van der Waals surface area contributed by atoms with Crippen molar-refractivity contribution >= 4 is 15.2 Å². The van der Waals surface area contributed by atoms with E-state index in [2.05, 4.69) is 0 Å². The van der Waals surface area contributed by atoms with Crippen LogP contribution in [0.5, 0.6) is 0 Å². The Hall–Kier alpha value is 0.0600. The van der Waals surface area contributed by atoms with E-state index in [0.29, 0.717) is 0 Å². The van der Waals surface area contributed by atoms with Gasteiger partial charge in [-0.15, -0.1) is 0 Å². The first-order valence-electron chi connectivity index (χ1n) is 4.08. The molecular weight excluding hydrogens is 304 g/mol. The Morgan fingerprint density at radius 2 is 1.16 bits per heavy atom. The van der Waals surface area contributed by atoms with Crippen molar-refractivity contribution in [3.05, 3.63) is 0 Å². The maximum absolute atomic E-state index is 10.7. The molecule has 1 rings (SSSR count). The average molecular weight is 329 g/mol. The van der Waals surface area contributed by atoms with Crippen molar-refractivity contribution in [2.45, 2.75) is 5.52 Å². The molecule has 0 radical (unpaired) electrons. The van der Waals surface area contributed by atoms with E-state index >= 15 is 0 Å². The van der Waals surface area contributed by atoms with E-state index < -0.39 is 20.7 Å². The maximum Gasteiger partial charge on any atom is 0.0650 e. The van der Waals surface area contributed by atoms with E-state index in [4.69, 9.17) is 4.74 Å². The number of nitrogens with zero attached hydrogens (tertiary/aromatic N) is 1. The maximum atomic E-state index is 10.7. The number of morpholine rings is 1. The second-order valence-electron chi connectivity index (χ2n) is 3.07. The number of hydrogen-bond acceptors (Lipinski definition) is 8. The SMILES string of the molecule is O=P([O-])([O-])C(N1CCOCC1)P(=O)([O-])[O-].[NH4+].[NH4+].[NH4+].[NH4+]. The van der Waals surface area contributed by atoms with Crippen molar-refractivity contribution in [1.29, 1.82) is 0 Å². The van der Waals surface area contributed by atoms with E-state index in [1.54, 1.807) is 0 Å². The second kappa shape index (κ2) is 9.88. The van der Waals surface area contributed by atoms with Gasteiger partial charge in [-0.05, 0) is 15.2 Å². The summed E-state index contributed by atoms with van der Waals surface area (Å²) in [4.78, 5) is 43.6. The van der Waals surface area contributed by atoms with Crippen LogP contribution in [0.4, 0.5) is 0 Å². The van der Waals surface area contributed by atoms with Gasteiger partial charge in [-0.25, -0.2) is 0 Å². The lowest BCUT2D eigenvalue weighted by atomic mass is 10.5. The Labute approximate surface area is 111 Å². The molecule has 0 aromatic rings. The minimum absolute atomic E-state index is 0. The Kier molecular flexibility index (Phi) is 14.3. The summed E-state index contributed by atoms with van der Waals surface area (Å²) in [6.45, 7) is 0.0637. The summed E-state index contributed by atoms with van der Waals surface area (Å²) in [5, 5.41) is 0. The molecule has 12 nitrogen and oxygen atoms in total. The third-order valence-corrected chi connectivity index (χ3v) is 5.42. The van der Waals surface area contributed by atoms with Gasteiger partial charge in [0, 0.05) is 13.1 Å². The normalized spacial score (nSPS) is 16.5. The van der Waals surface area contributed by atoms with Crippen LogP contribution in [0.25, 0.3) is 0 Å². The predicted octanol–water partition coefficient (Wildman–Crippen LogP) is -2.07. The number of quaternary nitrogens is 4. The van der Waals surface area contributed by atoms with Crippen LogP contribution < -0.4 is 44.2 Å². The summed E-state index contributed by atoms with van der Waals surface area (Å²) in [6, 6.07) is 0. The molecule has 0 aromatic carbocycles. The molecule has 122 valence electrons. The molecule has 0 amide bonds. The van der Waals surface area contributed by atoms with Crippen LogP contribution in [0.1, 0.15) is 0 Å². The number of hydrogen-bond donors (Lipinski definition) is 4. The summed E-state index contributed by atoms with van der Waals surface area (Å²) in [7, 11) is -11.0. The molecule has 0 atom stereocenters. The van der Waals surface area contributed by atoms with Crippen LogP contribution >= 0.6 is 15.2 Å². The third-order valence-electron chi connectivity index (χ3n) is 1.94. The monoisotopic (exact) mass is 329 g/mol. The lowest BCUT2D eigenvalue weighted by Crippen LogP contribution is -2.50. The van der Waals surface area contributed by atoms with Gasteiger partial charge in [-0.2, -0.15) is 0 Å². The minimum Gasteiger partial charge on any atom is -0.809 e. The second-order valence-corrected chi connectivity index (χ2v) is 6.62. The fourth-order valence-corrected chi connectivity index (χ4v) is 4.03. The van der Waals surface area contributed by atoms with Gasteiger partial charge in [0.05, 0.1) is 18.7 Å². The quantitative estimate of drug-likeness (QED) is 0.416. The predicted molar refractivity (Wildman–Crippen MR) is 65.3 cm³/mol. The van der Waals surface area contributed by atoms with E-state index in [-0.39, 0.29) is 50.9 Å². The van der Waals surface area contributed by atoms with Gasteiger partial charge in [0.1, 0.15) is 0 Å². The van der Waals surface area contributed by atoms with Gasteiger partial charge in [-0.3, -0.25) is 4.90 Å². The lowest BCUT2D eigenvalue weighted by molar-refractivity contribution is -0.335. The molecule has 0 spiro atoms. The molecule has 1 heterocycles. The van der Waals surface area contributed by atoms with Crippen LogP contribution in [0, 0.1) is 0 Å². The van der Waals surface area contributed by atoms with Gasteiger partial charge in [-0.1, -0.05) is 0 Å². The molecular formula is C5H25N5O7P2. The molecule has 0 saturated carbocycles. The molecule has 1 saturated heterocycles. The van der Waals surface area contributed by atoms with Gasteiger partial charge < -0.3 is 58.0 Å². The van der Waals surface area contributed by atoms with Gasteiger partial charge >= 0.3 is 0 Å². The Bertz CT molecular complexity index is 291. The van der Waals surface area contributed by atoms with Crippen molar-refractivity contribution in [3.8, 4) is 0 Å². The first-order chi connectivity index (χ1) is 6.73. The Morgan fingerprint density at radius 1 is 0.842 bits per heavy atom. The Balaban J connectivity index is -0.000000281. The first-order valence-corrected chi connectivity index (χ1v) is 7.30. The molecule has 0 bridgehead atoms. The van der Waals surface area contributed by atoms with Crippen molar-refractivity contribution in [1.82, 2.24) is 29.5 Å². The number of ether oxygens (including phenoxy) is 1. The fourth-order valence-electron chi connectivity index (χ4n) is 1.38. The first kappa shape index (κ1) is 27.4. The summed E-state index contributed by atoms with van der Waals surface area (Å²) < 4.78 is 26.2. The average Bonchev–Trinajstić information content (AvgIpc) is 2.00. The third kappa shape index (κ3) is 8.05. The smallest absolute Gasteiger partial charge is 0.0650 e. The Morgan fingerprint density at radius 3 is 1.42 bits per heavy atom. The van der Waals surface area contributed by atoms with Crippen LogP contribution in [0.3, 0.4) is 0 Å². The zero-order valence-electron chi connectivity index (χ0n) is 11.6. The molecule has 16 N–H and O–H groups in total. The lowest BCUT2D eigenvalue weighted by Gasteiger charge is -2.54. The number of rotatable bonds is 3. The van der Waals surface area contributed by atoms with E-state index in [1.807, 2.05) is 0 Å². The van der Waals surface area contributed by atoms with Crippen LogP contribution in [0.15, 0.2) is 0 Å². The van der Waals surface area contributed by atoms with Gasteiger partial charge in [0.15, 0.2) is 0 Å². The van der Waals surface area contributed by atoms with Crippen LogP contribution in [-0.2, 0) is 13.9 Å². The zero-order chi connectivity index (χ0) is 11.7. The summed E-state index contributed by atoms with van der Waals surface area (Å²) in [5.74, 6) is 0. The largest absolute Gasteiger partial charge is 0.809 e. The van der Waals surface area contributed by atoms with Crippen molar-refractivity contribution in [3.63, 3.8) is 0 Å². The van der Waals surface area contributed by atoms with Crippen LogP contribution in [-0.4, -0.2) is 36.7 Å². The molecule has 1 aliphatic rings. The van der Waals surface area contributed by atoms with Crippen LogP contribution in [0.2, 0.25) is 0 Å². The van der Waals surface area contributed by atoms with Crippen molar-refractivity contribution in [2.75, 3.05) is 26.3 Å². The molecule has 0 aromatic heterocycles. The summed E-state index contributed by atoms with van der Waals surface area (Å²) in [6.07, 6.45) is 0. The standard InChI is InChI=1S/C5H13NO7P2.4H3N/c7-14(8,9)5(15(10,11)12)6-1-3-13-4-2-6;;;;/h5H,1-4H2,(H2,7,8,9)(H2,10,11,12);4*1H3. The highest BCUT2D eigenvalue weighted by Crippen LogP contribution is 2.51. The highest BCUT2D eigenvalue weighted by Gasteiger charge is 2.26. The summed E-state index contributed by atoms with van der Waals surface area (Å²) in [5.41, 5.74) is -2.49. The topological polar surface area (TPSA) is 285 Å².